The van der Waals surface area contributed by atoms with Crippen LogP contribution in [-0.4, -0.2) is 24.7 Å². The van der Waals surface area contributed by atoms with E-state index in [1.807, 2.05) is 6.07 Å². The standard InChI is InChI=1S/C14H17NO2/c16-14(13-9-17-13)15-12-7-6-11(8-12)10-4-2-1-3-5-10/h1-5,11-13H,6-9H2,(H,15,16). The molecule has 3 rings (SSSR count). The van der Waals surface area contributed by atoms with Crippen molar-refractivity contribution in [1.29, 1.82) is 0 Å². The minimum atomic E-state index is -0.161. The third-order valence-electron chi connectivity index (χ3n) is 3.68. The van der Waals surface area contributed by atoms with E-state index < -0.39 is 0 Å². The highest BCUT2D eigenvalue weighted by atomic mass is 16.6. The molecule has 3 heteroatoms. The Balaban J connectivity index is 1.56. The van der Waals surface area contributed by atoms with Gasteiger partial charge in [0.2, 0.25) is 0 Å². The predicted molar refractivity (Wildman–Crippen MR) is 64.7 cm³/mol. The first-order valence-corrected chi connectivity index (χ1v) is 6.30. The van der Waals surface area contributed by atoms with E-state index in [-0.39, 0.29) is 12.0 Å². The Hall–Kier alpha value is -1.35. The molecule has 17 heavy (non-hydrogen) atoms. The summed E-state index contributed by atoms with van der Waals surface area (Å²) in [4.78, 5) is 11.6. The van der Waals surface area contributed by atoms with E-state index in [4.69, 9.17) is 4.74 Å². The highest BCUT2D eigenvalue weighted by molar-refractivity contribution is 5.83. The molecule has 1 aromatic rings. The molecular weight excluding hydrogens is 214 g/mol. The Bertz CT molecular complexity index is 400. The van der Waals surface area contributed by atoms with Gasteiger partial charge >= 0.3 is 0 Å². The molecule has 0 bridgehead atoms. The van der Waals surface area contributed by atoms with Crippen LogP contribution in [0.15, 0.2) is 30.3 Å². The van der Waals surface area contributed by atoms with Crippen LogP contribution >= 0.6 is 0 Å². The summed E-state index contributed by atoms with van der Waals surface area (Å²) in [7, 11) is 0. The van der Waals surface area contributed by atoms with E-state index in [9.17, 15) is 4.79 Å². The number of carbonyl (C=O) groups excluding carboxylic acids is 1. The Morgan fingerprint density at radius 2 is 2.00 bits per heavy atom. The molecule has 1 aliphatic carbocycles. The second-order valence-corrected chi connectivity index (χ2v) is 4.95. The molecule has 0 spiro atoms. The van der Waals surface area contributed by atoms with E-state index in [1.54, 1.807) is 0 Å². The van der Waals surface area contributed by atoms with Crippen LogP contribution in [-0.2, 0) is 9.53 Å². The Morgan fingerprint density at radius 3 is 2.71 bits per heavy atom. The molecule has 90 valence electrons. The predicted octanol–water partition coefficient (Wildman–Crippen LogP) is 1.84. The molecule has 2 fully saturated rings. The summed E-state index contributed by atoms with van der Waals surface area (Å²) in [5, 5.41) is 3.08. The van der Waals surface area contributed by atoms with Crippen molar-refractivity contribution in [2.75, 3.05) is 6.61 Å². The molecule has 1 amide bonds. The number of rotatable bonds is 3. The highest BCUT2D eigenvalue weighted by Gasteiger charge is 2.34. The van der Waals surface area contributed by atoms with Crippen molar-refractivity contribution < 1.29 is 9.53 Å². The van der Waals surface area contributed by atoms with Crippen molar-refractivity contribution >= 4 is 5.91 Å². The fourth-order valence-electron chi connectivity index (χ4n) is 2.63. The molecule has 2 aliphatic rings. The van der Waals surface area contributed by atoms with E-state index in [0.29, 0.717) is 18.6 Å². The van der Waals surface area contributed by atoms with Crippen LogP contribution in [0.5, 0.6) is 0 Å². The Kier molecular flexibility index (Phi) is 2.85. The molecule has 1 saturated carbocycles. The molecule has 1 saturated heterocycles. The molecule has 0 aromatic heterocycles. The monoisotopic (exact) mass is 231 g/mol. The van der Waals surface area contributed by atoms with Gasteiger partial charge in [-0.3, -0.25) is 4.79 Å². The first kappa shape index (κ1) is 10.8. The smallest absolute Gasteiger partial charge is 0.251 e. The van der Waals surface area contributed by atoms with Gasteiger partial charge in [0.25, 0.3) is 5.91 Å². The fourth-order valence-corrected chi connectivity index (χ4v) is 2.63. The van der Waals surface area contributed by atoms with Crippen molar-refractivity contribution in [2.45, 2.75) is 37.3 Å². The lowest BCUT2D eigenvalue weighted by atomic mass is 9.98. The van der Waals surface area contributed by atoms with Crippen LogP contribution in [0.2, 0.25) is 0 Å². The van der Waals surface area contributed by atoms with Gasteiger partial charge in [0, 0.05) is 6.04 Å². The van der Waals surface area contributed by atoms with Crippen molar-refractivity contribution in [1.82, 2.24) is 5.32 Å². The minimum Gasteiger partial charge on any atom is -0.363 e. The van der Waals surface area contributed by atoms with Crippen LogP contribution in [0, 0.1) is 0 Å². The van der Waals surface area contributed by atoms with Gasteiger partial charge in [-0.2, -0.15) is 0 Å². The lowest BCUT2D eigenvalue weighted by Gasteiger charge is -2.12. The minimum absolute atomic E-state index is 0.0729. The molecule has 1 N–H and O–H groups in total. The fraction of sp³-hybridized carbons (Fsp3) is 0.500. The van der Waals surface area contributed by atoms with Gasteiger partial charge < -0.3 is 10.1 Å². The number of carbonyl (C=O) groups is 1. The maximum absolute atomic E-state index is 11.6. The Labute approximate surface area is 101 Å². The summed E-state index contributed by atoms with van der Waals surface area (Å²) in [6.45, 7) is 0.598. The number of benzene rings is 1. The number of hydrogen-bond donors (Lipinski definition) is 1. The van der Waals surface area contributed by atoms with Crippen molar-refractivity contribution in [3.63, 3.8) is 0 Å². The lowest BCUT2D eigenvalue weighted by Crippen LogP contribution is -2.35. The molecule has 3 unspecified atom stereocenters. The van der Waals surface area contributed by atoms with Gasteiger partial charge in [-0.1, -0.05) is 30.3 Å². The quantitative estimate of drug-likeness (QED) is 0.806. The molecule has 1 heterocycles. The molecule has 1 aromatic carbocycles. The number of hydrogen-bond acceptors (Lipinski definition) is 2. The number of nitrogens with one attached hydrogen (secondary N) is 1. The number of ether oxygens (including phenoxy) is 1. The van der Waals surface area contributed by atoms with Crippen molar-refractivity contribution in [3.05, 3.63) is 35.9 Å². The van der Waals surface area contributed by atoms with E-state index >= 15 is 0 Å². The second kappa shape index (κ2) is 4.49. The van der Waals surface area contributed by atoms with Crippen LogP contribution < -0.4 is 5.32 Å². The third kappa shape index (κ3) is 2.50. The summed E-state index contributed by atoms with van der Waals surface area (Å²) < 4.78 is 4.98. The van der Waals surface area contributed by atoms with E-state index in [2.05, 4.69) is 29.6 Å². The summed E-state index contributed by atoms with van der Waals surface area (Å²) in [5.74, 6) is 0.672. The second-order valence-electron chi connectivity index (χ2n) is 4.95. The molecular formula is C14H17NO2. The van der Waals surface area contributed by atoms with Crippen LogP contribution in [0.25, 0.3) is 0 Å². The SMILES string of the molecule is O=C(NC1CCC(c2ccccc2)C1)C1CO1. The van der Waals surface area contributed by atoms with Crippen LogP contribution in [0.1, 0.15) is 30.7 Å². The summed E-state index contributed by atoms with van der Waals surface area (Å²) >= 11 is 0. The maximum atomic E-state index is 11.6. The summed E-state index contributed by atoms with van der Waals surface area (Å²) in [6.07, 6.45) is 3.15. The highest BCUT2D eigenvalue weighted by Crippen LogP contribution is 2.34. The topological polar surface area (TPSA) is 41.6 Å². The lowest BCUT2D eigenvalue weighted by molar-refractivity contribution is -0.122. The van der Waals surface area contributed by atoms with Crippen LogP contribution in [0.4, 0.5) is 0 Å². The van der Waals surface area contributed by atoms with E-state index in [1.165, 1.54) is 12.0 Å². The van der Waals surface area contributed by atoms with Crippen molar-refractivity contribution in [2.24, 2.45) is 0 Å². The number of epoxide rings is 1. The van der Waals surface area contributed by atoms with Gasteiger partial charge in [-0.15, -0.1) is 0 Å². The Morgan fingerprint density at radius 1 is 1.24 bits per heavy atom. The van der Waals surface area contributed by atoms with Crippen molar-refractivity contribution in [3.8, 4) is 0 Å². The molecule has 3 nitrogen and oxygen atoms in total. The molecule has 0 radical (unpaired) electrons. The molecule has 1 aliphatic heterocycles. The van der Waals surface area contributed by atoms with Gasteiger partial charge in [0.05, 0.1) is 6.61 Å². The summed E-state index contributed by atoms with van der Waals surface area (Å²) in [6, 6.07) is 10.9. The van der Waals surface area contributed by atoms with Gasteiger partial charge in [0.1, 0.15) is 0 Å². The zero-order chi connectivity index (χ0) is 11.7. The van der Waals surface area contributed by atoms with Gasteiger partial charge in [-0.05, 0) is 30.7 Å². The first-order valence-electron chi connectivity index (χ1n) is 6.30. The molecule has 3 atom stereocenters. The van der Waals surface area contributed by atoms with Crippen LogP contribution in [0.3, 0.4) is 0 Å². The van der Waals surface area contributed by atoms with E-state index in [0.717, 1.165) is 12.8 Å². The average molecular weight is 231 g/mol. The zero-order valence-corrected chi connectivity index (χ0v) is 9.76. The third-order valence-corrected chi connectivity index (χ3v) is 3.68. The normalized spacial score (nSPS) is 31.2. The largest absolute Gasteiger partial charge is 0.363 e. The maximum Gasteiger partial charge on any atom is 0.251 e. The zero-order valence-electron chi connectivity index (χ0n) is 9.76. The number of amides is 1. The first-order chi connectivity index (χ1) is 8.33. The average Bonchev–Trinajstić information content (AvgIpc) is 3.12. The summed E-state index contributed by atoms with van der Waals surface area (Å²) in [5.41, 5.74) is 1.40. The van der Waals surface area contributed by atoms with Gasteiger partial charge in [0.15, 0.2) is 6.10 Å². The van der Waals surface area contributed by atoms with Gasteiger partial charge in [-0.25, -0.2) is 0 Å².